The van der Waals surface area contributed by atoms with E-state index in [4.69, 9.17) is 0 Å². The van der Waals surface area contributed by atoms with E-state index in [1.807, 2.05) is 0 Å². The van der Waals surface area contributed by atoms with Crippen molar-refractivity contribution in [2.75, 3.05) is 0 Å². The fourth-order valence-corrected chi connectivity index (χ4v) is 1.14. The normalized spacial score (nSPS) is 18.6. The Morgan fingerprint density at radius 1 is 1.56 bits per heavy atom. The lowest BCUT2D eigenvalue weighted by atomic mass is 10.1. The summed E-state index contributed by atoms with van der Waals surface area (Å²) in [6, 6.07) is 0. The molecule has 1 aliphatic rings. The maximum Gasteiger partial charge on any atom is -0.00347 e. The highest BCUT2D eigenvalue weighted by molar-refractivity contribution is 5.45. The largest absolute Gasteiger partial charge is 0.0955 e. The third kappa shape index (κ3) is 1.13. The molecule has 1 rings (SSSR count). The Morgan fingerprint density at radius 3 is 2.44 bits per heavy atom. The van der Waals surface area contributed by atoms with Crippen molar-refractivity contribution in [1.29, 1.82) is 0 Å². The van der Waals surface area contributed by atoms with Crippen LogP contribution in [0.4, 0.5) is 0 Å². The quantitative estimate of drug-likeness (QED) is 0.499. The predicted octanol–water partition coefficient (Wildman–Crippen LogP) is 2.84. The Kier molecular flexibility index (Phi) is 1.56. The summed E-state index contributed by atoms with van der Waals surface area (Å²) in [5, 5.41) is 0. The van der Waals surface area contributed by atoms with Crippen molar-refractivity contribution in [3.8, 4) is 0 Å². The Balaban J connectivity index is 2.80. The van der Waals surface area contributed by atoms with Crippen molar-refractivity contribution in [2.24, 2.45) is 0 Å². The standard InChI is InChI=1S/C9H12/c1-4-9-6-7(2)5-8(9)3/h6H,2-5H2,1H3. The lowest BCUT2D eigenvalue weighted by molar-refractivity contribution is 1.11. The average molecular weight is 120 g/mol. The molecule has 0 saturated heterocycles. The molecule has 0 heterocycles. The molecule has 0 radical (unpaired) electrons. The van der Waals surface area contributed by atoms with Gasteiger partial charge in [0.2, 0.25) is 0 Å². The molecule has 0 aromatic carbocycles. The number of hydrogen-bond donors (Lipinski definition) is 0. The molecule has 0 atom stereocenters. The fourth-order valence-electron chi connectivity index (χ4n) is 1.14. The summed E-state index contributed by atoms with van der Waals surface area (Å²) in [6.45, 7) is 9.94. The van der Waals surface area contributed by atoms with Crippen molar-refractivity contribution >= 4 is 0 Å². The van der Waals surface area contributed by atoms with Crippen LogP contribution in [0, 0.1) is 0 Å². The monoisotopic (exact) mass is 120 g/mol. The molecule has 9 heavy (non-hydrogen) atoms. The molecule has 0 heteroatoms. The predicted molar refractivity (Wildman–Crippen MR) is 41.3 cm³/mol. The zero-order chi connectivity index (χ0) is 6.85. The van der Waals surface area contributed by atoms with Gasteiger partial charge >= 0.3 is 0 Å². The first-order chi connectivity index (χ1) is 4.24. The van der Waals surface area contributed by atoms with Crippen LogP contribution in [0.15, 0.2) is 36.0 Å². The van der Waals surface area contributed by atoms with Gasteiger partial charge in [0, 0.05) is 0 Å². The van der Waals surface area contributed by atoms with E-state index < -0.39 is 0 Å². The van der Waals surface area contributed by atoms with Gasteiger partial charge in [0.05, 0.1) is 0 Å². The van der Waals surface area contributed by atoms with Crippen LogP contribution < -0.4 is 0 Å². The third-order valence-electron chi connectivity index (χ3n) is 1.65. The van der Waals surface area contributed by atoms with Gasteiger partial charge in [-0.15, -0.1) is 0 Å². The van der Waals surface area contributed by atoms with Gasteiger partial charge in [0.1, 0.15) is 0 Å². The van der Waals surface area contributed by atoms with E-state index in [-0.39, 0.29) is 0 Å². The Morgan fingerprint density at radius 2 is 2.22 bits per heavy atom. The maximum absolute atomic E-state index is 3.93. The van der Waals surface area contributed by atoms with Gasteiger partial charge in [-0.1, -0.05) is 31.7 Å². The minimum atomic E-state index is 0.989. The number of hydrogen-bond acceptors (Lipinski definition) is 0. The molecular formula is C9H12. The van der Waals surface area contributed by atoms with E-state index in [9.17, 15) is 0 Å². The maximum atomic E-state index is 3.93. The summed E-state index contributed by atoms with van der Waals surface area (Å²) in [5.74, 6) is 0. The molecule has 0 saturated carbocycles. The number of rotatable bonds is 1. The molecule has 0 aromatic rings. The van der Waals surface area contributed by atoms with E-state index in [0.29, 0.717) is 0 Å². The van der Waals surface area contributed by atoms with Crippen LogP contribution in [0.25, 0.3) is 0 Å². The fraction of sp³-hybridized carbons (Fsp3) is 0.333. The van der Waals surface area contributed by atoms with Gasteiger partial charge in [-0.25, -0.2) is 0 Å². The average Bonchev–Trinajstić information content (AvgIpc) is 2.10. The minimum absolute atomic E-state index is 0.989. The summed E-state index contributed by atoms with van der Waals surface area (Å²) in [6.07, 6.45) is 4.23. The molecule has 0 aliphatic heterocycles. The zero-order valence-corrected chi connectivity index (χ0v) is 5.91. The highest BCUT2D eigenvalue weighted by Crippen LogP contribution is 2.28. The van der Waals surface area contributed by atoms with E-state index >= 15 is 0 Å². The van der Waals surface area contributed by atoms with Crippen LogP contribution in [0.2, 0.25) is 0 Å². The summed E-state index contributed by atoms with van der Waals surface area (Å²) in [4.78, 5) is 0. The molecule has 0 spiro atoms. The van der Waals surface area contributed by atoms with Crippen LogP contribution in [0.1, 0.15) is 19.8 Å². The van der Waals surface area contributed by atoms with Gasteiger partial charge in [0.25, 0.3) is 0 Å². The minimum Gasteiger partial charge on any atom is -0.0955 e. The van der Waals surface area contributed by atoms with Crippen molar-refractivity contribution in [3.63, 3.8) is 0 Å². The topological polar surface area (TPSA) is 0 Å². The van der Waals surface area contributed by atoms with E-state index in [1.54, 1.807) is 0 Å². The van der Waals surface area contributed by atoms with Crippen LogP contribution in [0.3, 0.4) is 0 Å². The summed E-state index contributed by atoms with van der Waals surface area (Å²) >= 11 is 0. The zero-order valence-electron chi connectivity index (χ0n) is 5.91. The molecule has 0 aromatic heterocycles. The smallest absolute Gasteiger partial charge is 0.00347 e. The van der Waals surface area contributed by atoms with Crippen molar-refractivity contribution in [1.82, 2.24) is 0 Å². The van der Waals surface area contributed by atoms with Gasteiger partial charge in [-0.3, -0.25) is 0 Å². The first-order valence-electron chi connectivity index (χ1n) is 3.30. The van der Waals surface area contributed by atoms with E-state index in [2.05, 4.69) is 26.2 Å². The summed E-state index contributed by atoms with van der Waals surface area (Å²) in [5.41, 5.74) is 3.83. The lowest BCUT2D eigenvalue weighted by Crippen LogP contribution is -1.75. The molecule has 48 valence electrons. The summed E-state index contributed by atoms with van der Waals surface area (Å²) in [7, 11) is 0. The van der Waals surface area contributed by atoms with Crippen molar-refractivity contribution < 1.29 is 0 Å². The van der Waals surface area contributed by atoms with Crippen LogP contribution in [0.5, 0.6) is 0 Å². The molecule has 0 amide bonds. The van der Waals surface area contributed by atoms with Crippen molar-refractivity contribution in [3.05, 3.63) is 36.0 Å². The van der Waals surface area contributed by atoms with Gasteiger partial charge < -0.3 is 0 Å². The Labute approximate surface area is 56.6 Å². The molecule has 0 fully saturated rings. The second kappa shape index (κ2) is 2.22. The lowest BCUT2D eigenvalue weighted by Gasteiger charge is -1.95. The van der Waals surface area contributed by atoms with E-state index in [1.165, 1.54) is 16.7 Å². The van der Waals surface area contributed by atoms with Crippen LogP contribution in [-0.2, 0) is 0 Å². The molecular weight excluding hydrogens is 108 g/mol. The van der Waals surface area contributed by atoms with Crippen LogP contribution >= 0.6 is 0 Å². The highest BCUT2D eigenvalue weighted by atomic mass is 14.1. The molecule has 0 N–H and O–H groups in total. The van der Waals surface area contributed by atoms with E-state index in [0.717, 1.165) is 12.8 Å². The second-order valence-electron chi connectivity index (χ2n) is 2.46. The summed E-state index contributed by atoms with van der Waals surface area (Å²) < 4.78 is 0. The molecule has 0 unspecified atom stereocenters. The van der Waals surface area contributed by atoms with Crippen LogP contribution in [-0.4, -0.2) is 0 Å². The molecule has 0 nitrogen and oxygen atoms in total. The van der Waals surface area contributed by atoms with Crippen molar-refractivity contribution in [2.45, 2.75) is 19.8 Å². The molecule has 0 bridgehead atoms. The van der Waals surface area contributed by atoms with Gasteiger partial charge in [0.15, 0.2) is 0 Å². The second-order valence-corrected chi connectivity index (χ2v) is 2.46. The Hall–Kier alpha value is -0.780. The van der Waals surface area contributed by atoms with Gasteiger partial charge in [-0.2, -0.15) is 0 Å². The molecule has 1 aliphatic carbocycles. The SMILES string of the molecule is C=C1C=C(CC)C(=C)C1. The third-order valence-corrected chi connectivity index (χ3v) is 1.65. The Bertz CT molecular complexity index is 182. The number of allylic oxidation sites excluding steroid dienone is 4. The first-order valence-corrected chi connectivity index (χ1v) is 3.30. The highest BCUT2D eigenvalue weighted by Gasteiger charge is 2.08. The first kappa shape index (κ1) is 6.34. The van der Waals surface area contributed by atoms with Gasteiger partial charge in [-0.05, 0) is 24.0 Å².